The standard InChI is InChI=1S/C27H20FNO2/c1-2-22-13-14-23(17-25(22)28)24-15-16-26(30-18-20-9-5-3-6-10-20)29-27(24)31-19-21-11-7-4-8-12-21/h1,3-17H,18-19H2. The van der Waals surface area contributed by atoms with Crippen molar-refractivity contribution in [3.63, 3.8) is 0 Å². The van der Waals surface area contributed by atoms with E-state index in [1.165, 1.54) is 6.07 Å². The van der Waals surface area contributed by atoms with Crippen molar-refractivity contribution in [3.05, 3.63) is 114 Å². The lowest BCUT2D eigenvalue weighted by molar-refractivity contribution is 0.268. The molecule has 0 bridgehead atoms. The first-order chi connectivity index (χ1) is 15.2. The van der Waals surface area contributed by atoms with Gasteiger partial charge in [-0.1, -0.05) is 72.7 Å². The minimum Gasteiger partial charge on any atom is -0.473 e. The number of halogens is 1. The van der Waals surface area contributed by atoms with Crippen molar-refractivity contribution in [2.24, 2.45) is 0 Å². The van der Waals surface area contributed by atoms with E-state index < -0.39 is 5.82 Å². The van der Waals surface area contributed by atoms with Gasteiger partial charge < -0.3 is 9.47 Å². The lowest BCUT2D eigenvalue weighted by atomic mass is 10.0. The summed E-state index contributed by atoms with van der Waals surface area (Å²) in [6.45, 7) is 0.713. The van der Waals surface area contributed by atoms with Crippen molar-refractivity contribution in [1.82, 2.24) is 4.98 Å². The average molecular weight is 409 g/mol. The van der Waals surface area contributed by atoms with Gasteiger partial charge in [0, 0.05) is 11.6 Å². The fourth-order valence-electron chi connectivity index (χ4n) is 3.09. The lowest BCUT2D eigenvalue weighted by Crippen LogP contribution is -2.02. The largest absolute Gasteiger partial charge is 0.473 e. The second kappa shape index (κ2) is 9.60. The van der Waals surface area contributed by atoms with Gasteiger partial charge in [0.2, 0.25) is 11.8 Å². The Labute approximate surface area is 181 Å². The molecule has 0 saturated heterocycles. The van der Waals surface area contributed by atoms with Gasteiger partial charge in [-0.2, -0.15) is 4.98 Å². The molecular formula is C27H20FNO2. The summed E-state index contributed by atoms with van der Waals surface area (Å²) in [4.78, 5) is 4.54. The van der Waals surface area contributed by atoms with Gasteiger partial charge >= 0.3 is 0 Å². The summed E-state index contributed by atoms with van der Waals surface area (Å²) in [6, 6.07) is 27.9. The smallest absolute Gasteiger partial charge is 0.225 e. The van der Waals surface area contributed by atoms with Crippen LogP contribution in [-0.4, -0.2) is 4.98 Å². The molecule has 0 amide bonds. The molecule has 0 unspecified atom stereocenters. The van der Waals surface area contributed by atoms with Gasteiger partial charge in [0.1, 0.15) is 19.0 Å². The van der Waals surface area contributed by atoms with Crippen molar-refractivity contribution in [2.75, 3.05) is 0 Å². The molecule has 0 N–H and O–H groups in total. The summed E-state index contributed by atoms with van der Waals surface area (Å²) < 4.78 is 26.1. The molecule has 0 aliphatic carbocycles. The van der Waals surface area contributed by atoms with Gasteiger partial charge in [0.25, 0.3) is 0 Å². The maximum atomic E-state index is 14.3. The van der Waals surface area contributed by atoms with Gasteiger partial charge in [-0.05, 0) is 34.9 Å². The van der Waals surface area contributed by atoms with Crippen LogP contribution in [0.2, 0.25) is 0 Å². The van der Waals surface area contributed by atoms with Crippen LogP contribution in [0.3, 0.4) is 0 Å². The number of aromatic nitrogens is 1. The highest BCUT2D eigenvalue weighted by Gasteiger charge is 2.13. The first kappa shape index (κ1) is 20.2. The molecule has 0 spiro atoms. The predicted molar refractivity (Wildman–Crippen MR) is 119 cm³/mol. The van der Waals surface area contributed by atoms with Crippen LogP contribution >= 0.6 is 0 Å². The molecule has 0 atom stereocenters. The Bertz CT molecular complexity index is 1200. The Morgan fingerprint density at radius 3 is 2.03 bits per heavy atom. The zero-order valence-corrected chi connectivity index (χ0v) is 16.8. The van der Waals surface area contributed by atoms with Crippen LogP contribution in [-0.2, 0) is 13.2 Å². The number of rotatable bonds is 7. The molecule has 1 aromatic heterocycles. The maximum Gasteiger partial charge on any atom is 0.225 e. The molecule has 0 aliphatic rings. The van der Waals surface area contributed by atoms with Crippen LogP contribution in [0.1, 0.15) is 16.7 Å². The normalized spacial score (nSPS) is 10.3. The maximum absolute atomic E-state index is 14.3. The SMILES string of the molecule is C#Cc1ccc(-c2ccc(OCc3ccccc3)nc2OCc2ccccc2)cc1F. The van der Waals surface area contributed by atoms with Crippen LogP contribution < -0.4 is 9.47 Å². The van der Waals surface area contributed by atoms with Gasteiger partial charge in [-0.3, -0.25) is 0 Å². The number of ether oxygens (including phenoxy) is 2. The molecule has 3 nitrogen and oxygen atoms in total. The zero-order valence-electron chi connectivity index (χ0n) is 16.8. The summed E-state index contributed by atoms with van der Waals surface area (Å²) in [5.74, 6) is 2.67. The third kappa shape index (κ3) is 5.09. The molecule has 4 rings (SSSR count). The molecule has 4 heteroatoms. The van der Waals surface area contributed by atoms with Crippen LogP contribution in [0.15, 0.2) is 91.0 Å². The molecule has 0 fully saturated rings. The Balaban J connectivity index is 1.62. The van der Waals surface area contributed by atoms with Crippen LogP contribution in [0.25, 0.3) is 11.1 Å². The van der Waals surface area contributed by atoms with Crippen molar-refractivity contribution in [3.8, 4) is 35.2 Å². The molecule has 152 valence electrons. The van der Waals surface area contributed by atoms with Crippen LogP contribution in [0.5, 0.6) is 11.8 Å². The fraction of sp³-hybridized carbons (Fsp3) is 0.0741. The summed E-state index contributed by atoms with van der Waals surface area (Å²) in [6.07, 6.45) is 5.34. The van der Waals surface area contributed by atoms with Gasteiger partial charge in [0.15, 0.2) is 0 Å². The lowest BCUT2D eigenvalue weighted by Gasteiger charge is -2.13. The number of hydrogen-bond donors (Lipinski definition) is 0. The van der Waals surface area contributed by atoms with Gasteiger partial charge in [-0.25, -0.2) is 4.39 Å². The van der Waals surface area contributed by atoms with E-state index in [4.69, 9.17) is 15.9 Å². The van der Waals surface area contributed by atoms with E-state index in [0.717, 1.165) is 11.1 Å². The second-order valence-electron chi connectivity index (χ2n) is 6.89. The first-order valence-electron chi connectivity index (χ1n) is 9.84. The van der Waals surface area contributed by atoms with Crippen molar-refractivity contribution >= 4 is 0 Å². The van der Waals surface area contributed by atoms with Crippen LogP contribution in [0.4, 0.5) is 4.39 Å². The number of benzene rings is 3. The first-order valence-corrected chi connectivity index (χ1v) is 9.84. The molecule has 4 aromatic rings. The molecular weight excluding hydrogens is 389 g/mol. The summed E-state index contributed by atoms with van der Waals surface area (Å²) in [5, 5.41) is 0. The molecule has 0 radical (unpaired) electrons. The Hall–Kier alpha value is -4.10. The minimum atomic E-state index is -0.460. The van der Waals surface area contributed by atoms with Gasteiger partial charge in [-0.15, -0.1) is 6.42 Å². The van der Waals surface area contributed by atoms with E-state index in [-0.39, 0.29) is 5.56 Å². The van der Waals surface area contributed by atoms with E-state index >= 15 is 0 Å². The van der Waals surface area contributed by atoms with Crippen molar-refractivity contribution in [1.29, 1.82) is 0 Å². The molecule has 1 heterocycles. The number of nitrogens with zero attached hydrogens (tertiary/aromatic N) is 1. The Kier molecular flexibility index (Phi) is 6.25. The number of terminal acetylenes is 1. The summed E-state index contributed by atoms with van der Waals surface area (Å²) in [7, 11) is 0. The Morgan fingerprint density at radius 1 is 0.774 bits per heavy atom. The summed E-state index contributed by atoms with van der Waals surface area (Å²) in [5.41, 5.74) is 3.53. The van der Waals surface area contributed by atoms with Crippen LogP contribution in [0, 0.1) is 18.2 Å². The number of pyridine rings is 1. The average Bonchev–Trinajstić information content (AvgIpc) is 2.83. The zero-order chi connectivity index (χ0) is 21.5. The second-order valence-corrected chi connectivity index (χ2v) is 6.89. The highest BCUT2D eigenvalue weighted by molar-refractivity contribution is 5.70. The van der Waals surface area contributed by atoms with Gasteiger partial charge in [0.05, 0.1) is 5.56 Å². The highest BCUT2D eigenvalue weighted by atomic mass is 19.1. The third-order valence-corrected chi connectivity index (χ3v) is 4.72. The van der Waals surface area contributed by atoms with E-state index in [1.807, 2.05) is 66.7 Å². The molecule has 31 heavy (non-hydrogen) atoms. The number of hydrogen-bond acceptors (Lipinski definition) is 3. The van der Waals surface area contributed by atoms with E-state index in [9.17, 15) is 4.39 Å². The topological polar surface area (TPSA) is 31.4 Å². The minimum absolute atomic E-state index is 0.214. The quantitative estimate of drug-likeness (QED) is 0.350. The monoisotopic (exact) mass is 409 g/mol. The van der Waals surface area contributed by atoms with E-state index in [1.54, 1.807) is 18.2 Å². The fourth-order valence-corrected chi connectivity index (χ4v) is 3.09. The Morgan fingerprint density at radius 2 is 1.42 bits per heavy atom. The molecule has 0 aliphatic heterocycles. The molecule has 3 aromatic carbocycles. The van der Waals surface area contributed by atoms with Crippen molar-refractivity contribution < 1.29 is 13.9 Å². The van der Waals surface area contributed by atoms with E-state index in [2.05, 4.69) is 10.9 Å². The predicted octanol–water partition coefficient (Wildman–Crippen LogP) is 6.03. The highest BCUT2D eigenvalue weighted by Crippen LogP contribution is 2.32. The van der Waals surface area contributed by atoms with E-state index in [0.29, 0.717) is 36.1 Å². The molecule has 0 saturated carbocycles. The third-order valence-electron chi connectivity index (χ3n) is 4.72. The summed E-state index contributed by atoms with van der Waals surface area (Å²) >= 11 is 0. The van der Waals surface area contributed by atoms with Crippen molar-refractivity contribution in [2.45, 2.75) is 13.2 Å².